The molecule has 3 rings (SSSR count). The summed E-state index contributed by atoms with van der Waals surface area (Å²) in [6.45, 7) is 2.29. The Kier molecular flexibility index (Phi) is 1.39. The van der Waals surface area contributed by atoms with Crippen molar-refractivity contribution in [2.75, 3.05) is 0 Å². The Labute approximate surface area is 80.0 Å². The third-order valence-electron chi connectivity index (χ3n) is 4.08. The van der Waals surface area contributed by atoms with Gasteiger partial charge in [0.1, 0.15) is 0 Å². The van der Waals surface area contributed by atoms with Crippen LogP contribution in [0.1, 0.15) is 26.2 Å². The Morgan fingerprint density at radius 3 is 3.23 bits per heavy atom. The van der Waals surface area contributed by atoms with Crippen molar-refractivity contribution in [3.8, 4) is 0 Å². The third-order valence-corrected chi connectivity index (χ3v) is 4.08. The molecule has 1 spiro atoms. The van der Waals surface area contributed by atoms with Gasteiger partial charge in [-0.3, -0.25) is 0 Å². The van der Waals surface area contributed by atoms with E-state index in [1.165, 1.54) is 19.3 Å². The van der Waals surface area contributed by atoms with Crippen molar-refractivity contribution in [3.05, 3.63) is 36.0 Å². The SMILES string of the molecule is CCC1=CC23C=CC=CC2CC1C3. The van der Waals surface area contributed by atoms with Crippen molar-refractivity contribution < 1.29 is 0 Å². The van der Waals surface area contributed by atoms with Gasteiger partial charge >= 0.3 is 0 Å². The van der Waals surface area contributed by atoms with Crippen molar-refractivity contribution in [1.82, 2.24) is 0 Å². The highest BCUT2D eigenvalue weighted by Gasteiger charge is 2.48. The third kappa shape index (κ3) is 0.864. The molecule has 0 heteroatoms. The molecule has 1 saturated carbocycles. The first kappa shape index (κ1) is 7.61. The van der Waals surface area contributed by atoms with Crippen LogP contribution in [0.25, 0.3) is 0 Å². The molecule has 3 aliphatic rings. The van der Waals surface area contributed by atoms with Crippen LogP contribution in [0.15, 0.2) is 36.0 Å². The number of fused-ring (bicyclic) bond motifs is 1. The molecule has 0 aromatic rings. The molecule has 68 valence electrons. The van der Waals surface area contributed by atoms with E-state index in [4.69, 9.17) is 0 Å². The van der Waals surface area contributed by atoms with Crippen LogP contribution in [0.3, 0.4) is 0 Å². The van der Waals surface area contributed by atoms with Crippen LogP contribution in [0.4, 0.5) is 0 Å². The summed E-state index contributed by atoms with van der Waals surface area (Å²) in [6, 6.07) is 0. The molecule has 0 amide bonds. The van der Waals surface area contributed by atoms with Crippen molar-refractivity contribution in [2.24, 2.45) is 17.3 Å². The second-order valence-electron chi connectivity index (χ2n) is 4.67. The summed E-state index contributed by atoms with van der Waals surface area (Å²) in [5, 5.41) is 0. The fraction of sp³-hybridized carbons (Fsp3) is 0.538. The van der Waals surface area contributed by atoms with Gasteiger partial charge in [0.25, 0.3) is 0 Å². The Morgan fingerprint density at radius 1 is 1.46 bits per heavy atom. The van der Waals surface area contributed by atoms with Crippen molar-refractivity contribution in [1.29, 1.82) is 0 Å². The molecule has 2 bridgehead atoms. The maximum Gasteiger partial charge on any atom is 0.0135 e. The minimum absolute atomic E-state index is 0.449. The van der Waals surface area contributed by atoms with E-state index < -0.39 is 0 Å². The molecular formula is C13H16. The van der Waals surface area contributed by atoms with Crippen molar-refractivity contribution >= 4 is 0 Å². The number of hydrogen-bond acceptors (Lipinski definition) is 0. The van der Waals surface area contributed by atoms with Crippen LogP contribution in [-0.2, 0) is 0 Å². The predicted molar refractivity (Wildman–Crippen MR) is 55.3 cm³/mol. The normalized spacial score (nSPS) is 45.2. The summed E-state index contributed by atoms with van der Waals surface area (Å²) in [7, 11) is 0. The zero-order valence-corrected chi connectivity index (χ0v) is 8.16. The molecule has 0 aromatic heterocycles. The molecule has 3 atom stereocenters. The van der Waals surface area contributed by atoms with Gasteiger partial charge in [0, 0.05) is 5.41 Å². The number of allylic oxidation sites excluding steroid dienone is 6. The zero-order chi connectivity index (χ0) is 8.89. The molecule has 3 unspecified atom stereocenters. The zero-order valence-electron chi connectivity index (χ0n) is 8.16. The highest BCUT2D eigenvalue weighted by atomic mass is 14.5. The molecule has 0 saturated heterocycles. The summed E-state index contributed by atoms with van der Waals surface area (Å²) in [5.74, 6) is 1.72. The van der Waals surface area contributed by atoms with Crippen LogP contribution in [0.5, 0.6) is 0 Å². The van der Waals surface area contributed by atoms with Crippen LogP contribution in [-0.4, -0.2) is 0 Å². The standard InChI is InChI=1S/C13H16/c1-2-10-8-13-6-4-3-5-12(13)7-11(10)9-13/h3-6,8,11-12H,2,7,9H2,1H3. The smallest absolute Gasteiger partial charge is 0.0135 e. The summed E-state index contributed by atoms with van der Waals surface area (Å²) in [4.78, 5) is 0. The van der Waals surface area contributed by atoms with Crippen LogP contribution in [0.2, 0.25) is 0 Å². The van der Waals surface area contributed by atoms with Crippen molar-refractivity contribution in [3.63, 3.8) is 0 Å². The first-order valence-electron chi connectivity index (χ1n) is 5.42. The van der Waals surface area contributed by atoms with Gasteiger partial charge in [0.15, 0.2) is 0 Å². The van der Waals surface area contributed by atoms with Crippen LogP contribution >= 0.6 is 0 Å². The lowest BCUT2D eigenvalue weighted by Gasteiger charge is -2.30. The summed E-state index contributed by atoms with van der Waals surface area (Å²) in [6.07, 6.45) is 15.9. The van der Waals surface area contributed by atoms with Gasteiger partial charge in [0.05, 0.1) is 0 Å². The Bertz CT molecular complexity index is 319. The van der Waals surface area contributed by atoms with Gasteiger partial charge in [0.2, 0.25) is 0 Å². The monoisotopic (exact) mass is 172 g/mol. The first-order valence-corrected chi connectivity index (χ1v) is 5.42. The summed E-state index contributed by atoms with van der Waals surface area (Å²) in [5.41, 5.74) is 2.17. The van der Waals surface area contributed by atoms with Gasteiger partial charge in [-0.1, -0.05) is 42.9 Å². The van der Waals surface area contributed by atoms with Crippen LogP contribution < -0.4 is 0 Å². The maximum absolute atomic E-state index is 2.56. The Hall–Kier alpha value is -0.780. The Morgan fingerprint density at radius 2 is 2.38 bits per heavy atom. The molecule has 0 heterocycles. The second-order valence-corrected chi connectivity index (χ2v) is 4.67. The molecular weight excluding hydrogens is 156 g/mol. The largest absolute Gasteiger partial charge is 0.0802 e. The molecule has 0 N–H and O–H groups in total. The number of rotatable bonds is 1. The molecule has 0 nitrogen and oxygen atoms in total. The molecule has 13 heavy (non-hydrogen) atoms. The molecule has 0 aromatic carbocycles. The predicted octanol–water partition coefficient (Wildman–Crippen LogP) is 3.48. The van der Waals surface area contributed by atoms with Gasteiger partial charge in [-0.05, 0) is 31.1 Å². The highest BCUT2D eigenvalue weighted by molar-refractivity contribution is 5.37. The fourth-order valence-corrected chi connectivity index (χ4v) is 3.42. The number of hydrogen-bond donors (Lipinski definition) is 0. The lowest BCUT2D eigenvalue weighted by atomic mass is 9.74. The molecule has 3 aliphatic carbocycles. The average Bonchev–Trinajstić information content (AvgIpc) is 2.69. The van der Waals surface area contributed by atoms with Gasteiger partial charge in [-0.25, -0.2) is 0 Å². The van der Waals surface area contributed by atoms with Crippen LogP contribution in [0, 0.1) is 17.3 Å². The lowest BCUT2D eigenvalue weighted by molar-refractivity contribution is 0.417. The molecule has 0 radical (unpaired) electrons. The van der Waals surface area contributed by atoms with Gasteiger partial charge in [-0.2, -0.15) is 0 Å². The topological polar surface area (TPSA) is 0 Å². The van der Waals surface area contributed by atoms with E-state index >= 15 is 0 Å². The van der Waals surface area contributed by atoms with E-state index in [1.54, 1.807) is 5.57 Å². The lowest BCUT2D eigenvalue weighted by Crippen LogP contribution is -2.20. The van der Waals surface area contributed by atoms with Crippen molar-refractivity contribution in [2.45, 2.75) is 26.2 Å². The van der Waals surface area contributed by atoms with Gasteiger partial charge in [-0.15, -0.1) is 0 Å². The minimum Gasteiger partial charge on any atom is -0.0802 e. The fourth-order valence-electron chi connectivity index (χ4n) is 3.42. The Balaban J connectivity index is 2.05. The average molecular weight is 172 g/mol. The van der Waals surface area contributed by atoms with E-state index in [0.717, 1.165) is 11.8 Å². The van der Waals surface area contributed by atoms with E-state index in [2.05, 4.69) is 37.3 Å². The van der Waals surface area contributed by atoms with E-state index in [1.807, 2.05) is 0 Å². The highest BCUT2D eigenvalue weighted by Crippen LogP contribution is 2.59. The summed E-state index contributed by atoms with van der Waals surface area (Å²) < 4.78 is 0. The maximum atomic E-state index is 2.56. The quantitative estimate of drug-likeness (QED) is 0.531. The van der Waals surface area contributed by atoms with Gasteiger partial charge < -0.3 is 0 Å². The summed E-state index contributed by atoms with van der Waals surface area (Å²) >= 11 is 0. The minimum atomic E-state index is 0.449. The van der Waals surface area contributed by atoms with E-state index in [9.17, 15) is 0 Å². The van der Waals surface area contributed by atoms with E-state index in [0.29, 0.717) is 5.41 Å². The molecule has 0 aliphatic heterocycles. The second kappa shape index (κ2) is 2.37. The first-order chi connectivity index (χ1) is 6.34. The molecule has 1 fully saturated rings. The van der Waals surface area contributed by atoms with E-state index in [-0.39, 0.29) is 0 Å².